The van der Waals surface area contributed by atoms with Gasteiger partial charge in [0.2, 0.25) is 0 Å². The molecule has 0 aromatic heterocycles. The lowest BCUT2D eigenvalue weighted by Crippen LogP contribution is -2.56. The van der Waals surface area contributed by atoms with Gasteiger partial charge in [0.1, 0.15) is 18.8 Å². The van der Waals surface area contributed by atoms with Gasteiger partial charge in [-0.05, 0) is 19.1 Å². The molecule has 1 atom stereocenters. The third-order valence-electron chi connectivity index (χ3n) is 3.26. The molecule has 2 rings (SSSR count). The fraction of sp³-hybridized carbons (Fsp3) is 0.400. The number of amides is 1. The number of alkyl halides is 3. The zero-order chi connectivity index (χ0) is 19.4. The first-order chi connectivity index (χ1) is 12.1. The highest BCUT2D eigenvalue weighted by atomic mass is 19.4. The predicted molar refractivity (Wildman–Crippen MR) is 81.2 cm³/mol. The van der Waals surface area contributed by atoms with Crippen LogP contribution < -0.4 is 10.1 Å². The second-order valence-electron chi connectivity index (χ2n) is 5.24. The van der Waals surface area contributed by atoms with E-state index < -0.39 is 29.5 Å². The Balaban J connectivity index is 2.28. The summed E-state index contributed by atoms with van der Waals surface area (Å²) in [5.74, 6) is -3.54. The molecule has 1 unspecified atom stereocenters. The molecule has 1 aromatic carbocycles. The molecule has 1 heterocycles. The van der Waals surface area contributed by atoms with E-state index in [1.807, 2.05) is 5.32 Å². The van der Waals surface area contributed by atoms with Crippen LogP contribution in [0.25, 0.3) is 6.08 Å². The Morgan fingerprint density at radius 1 is 1.38 bits per heavy atom. The minimum Gasteiger partial charge on any atom is -0.488 e. The maximum absolute atomic E-state index is 12.8. The summed E-state index contributed by atoms with van der Waals surface area (Å²) in [7, 11) is 0. The number of para-hydroxylation sites is 1. The summed E-state index contributed by atoms with van der Waals surface area (Å²) in [6, 6.07) is 6.70. The topological polar surface area (TPSA) is 99.9 Å². The number of nitrogens with one attached hydrogen (secondary N) is 1. The van der Waals surface area contributed by atoms with Crippen molar-refractivity contribution in [3.05, 3.63) is 45.5 Å². The van der Waals surface area contributed by atoms with Crippen molar-refractivity contribution in [3.63, 3.8) is 0 Å². The molecule has 142 valence electrons. The first-order valence-electron chi connectivity index (χ1n) is 7.43. The summed E-state index contributed by atoms with van der Waals surface area (Å²) >= 11 is 0. The maximum atomic E-state index is 12.8. The van der Waals surface area contributed by atoms with Gasteiger partial charge in [0.05, 0.1) is 5.57 Å². The molecule has 0 saturated heterocycles. The largest absolute Gasteiger partial charge is 0.488 e. The van der Waals surface area contributed by atoms with Crippen molar-refractivity contribution in [1.29, 1.82) is 0 Å². The Morgan fingerprint density at radius 3 is 2.69 bits per heavy atom. The van der Waals surface area contributed by atoms with Crippen molar-refractivity contribution in [2.45, 2.75) is 25.4 Å². The number of fused-ring (bicyclic) bond motifs is 1. The molecular formula is C15H15F3N2O6. The molecule has 11 heteroatoms. The molecule has 0 saturated carbocycles. The van der Waals surface area contributed by atoms with Crippen molar-refractivity contribution in [2.75, 3.05) is 13.2 Å². The number of halogens is 3. The highest BCUT2D eigenvalue weighted by Gasteiger charge is 2.48. The molecular weight excluding hydrogens is 361 g/mol. The molecule has 1 N–H and O–H groups in total. The Morgan fingerprint density at radius 2 is 2.08 bits per heavy atom. The van der Waals surface area contributed by atoms with E-state index in [1.54, 1.807) is 24.3 Å². The Bertz CT molecular complexity index is 722. The molecule has 0 aliphatic carbocycles. The molecule has 26 heavy (non-hydrogen) atoms. The molecule has 0 fully saturated rings. The number of carbonyl (C=O) groups excluding carboxylic acids is 1. The molecule has 1 amide bonds. The van der Waals surface area contributed by atoms with Crippen LogP contribution in [0.4, 0.5) is 13.2 Å². The molecule has 0 radical (unpaired) electrons. The van der Waals surface area contributed by atoms with Crippen molar-refractivity contribution in [2.24, 2.45) is 0 Å². The zero-order valence-electron chi connectivity index (χ0n) is 13.5. The average molecular weight is 376 g/mol. The Labute approximate surface area is 145 Å². The van der Waals surface area contributed by atoms with Crippen LogP contribution >= 0.6 is 0 Å². The molecule has 1 aromatic rings. The average Bonchev–Trinajstić information content (AvgIpc) is 2.52. The molecule has 1 aliphatic rings. The molecule has 8 nitrogen and oxygen atoms in total. The van der Waals surface area contributed by atoms with E-state index >= 15 is 0 Å². The van der Waals surface area contributed by atoms with Gasteiger partial charge in [-0.1, -0.05) is 18.2 Å². The van der Waals surface area contributed by atoms with E-state index in [1.165, 1.54) is 13.0 Å². The minimum atomic E-state index is -4.90. The summed E-state index contributed by atoms with van der Waals surface area (Å²) in [4.78, 5) is 27.1. The van der Waals surface area contributed by atoms with Crippen LogP contribution in [0.3, 0.4) is 0 Å². The monoisotopic (exact) mass is 376 g/mol. The van der Waals surface area contributed by atoms with E-state index in [9.17, 15) is 28.1 Å². The highest BCUT2D eigenvalue weighted by Crippen LogP contribution is 2.31. The normalized spacial score (nSPS) is 15.8. The van der Waals surface area contributed by atoms with E-state index in [4.69, 9.17) is 9.47 Å². The molecule has 0 bridgehead atoms. The van der Waals surface area contributed by atoms with Gasteiger partial charge in [-0.25, -0.2) is 0 Å². The number of hydrogen-bond acceptors (Lipinski definition) is 6. The van der Waals surface area contributed by atoms with Gasteiger partial charge in [0.25, 0.3) is 11.0 Å². The van der Waals surface area contributed by atoms with E-state index in [0.717, 1.165) is 0 Å². The first kappa shape index (κ1) is 19.5. The second kappa shape index (κ2) is 7.60. The number of nitrogens with zero attached hydrogens (tertiary/aromatic N) is 1. The van der Waals surface area contributed by atoms with Crippen LogP contribution in [0.5, 0.6) is 5.75 Å². The summed E-state index contributed by atoms with van der Waals surface area (Å²) in [6.07, 6.45) is -5.40. The number of ether oxygens (including phenoxy) is 2. The third-order valence-corrected chi connectivity index (χ3v) is 3.26. The van der Waals surface area contributed by atoms with Gasteiger partial charge in [-0.2, -0.15) is 13.2 Å². The molecule has 1 aliphatic heterocycles. The van der Waals surface area contributed by atoms with Crippen molar-refractivity contribution >= 4 is 12.0 Å². The van der Waals surface area contributed by atoms with Crippen LogP contribution in [-0.4, -0.2) is 36.3 Å². The lowest BCUT2D eigenvalue weighted by atomic mass is 10.1. The van der Waals surface area contributed by atoms with Crippen LogP contribution in [0.1, 0.15) is 18.9 Å². The van der Waals surface area contributed by atoms with Gasteiger partial charge >= 0.3 is 12.1 Å². The summed E-state index contributed by atoms with van der Waals surface area (Å²) in [5.41, 5.74) is 0.499. The van der Waals surface area contributed by atoms with Crippen molar-refractivity contribution < 1.29 is 37.4 Å². The SMILES string of the molecule is CCOC(CC(F)(F)F)(NC(=O)C1=Cc2ccccc2OC1)O[N+](=O)[O-]. The summed E-state index contributed by atoms with van der Waals surface area (Å²) < 4.78 is 48.6. The van der Waals surface area contributed by atoms with Gasteiger partial charge in [-0.3, -0.25) is 9.63 Å². The van der Waals surface area contributed by atoms with Crippen LogP contribution in [0, 0.1) is 10.1 Å². The summed E-state index contributed by atoms with van der Waals surface area (Å²) in [5, 5.41) is 11.0. The van der Waals surface area contributed by atoms with E-state index in [2.05, 4.69) is 4.84 Å². The zero-order valence-corrected chi connectivity index (χ0v) is 13.5. The summed E-state index contributed by atoms with van der Waals surface area (Å²) in [6.45, 7) is 0.706. The lowest BCUT2D eigenvalue weighted by molar-refractivity contribution is -0.800. The van der Waals surface area contributed by atoms with Gasteiger partial charge in [-0.15, -0.1) is 10.1 Å². The lowest BCUT2D eigenvalue weighted by Gasteiger charge is -2.32. The maximum Gasteiger partial charge on any atom is 0.395 e. The minimum absolute atomic E-state index is 0.0399. The van der Waals surface area contributed by atoms with E-state index in [-0.39, 0.29) is 18.8 Å². The Kier molecular flexibility index (Phi) is 5.70. The number of benzene rings is 1. The van der Waals surface area contributed by atoms with Gasteiger partial charge in [0, 0.05) is 12.2 Å². The predicted octanol–water partition coefficient (Wildman–Crippen LogP) is 2.43. The van der Waals surface area contributed by atoms with Crippen LogP contribution in [-0.2, 0) is 14.4 Å². The third kappa shape index (κ3) is 5.09. The smallest absolute Gasteiger partial charge is 0.395 e. The number of rotatable bonds is 7. The van der Waals surface area contributed by atoms with Crippen LogP contribution in [0.15, 0.2) is 29.8 Å². The fourth-order valence-electron chi connectivity index (χ4n) is 2.33. The molecule has 0 spiro atoms. The Hall–Kier alpha value is -2.82. The highest BCUT2D eigenvalue weighted by molar-refractivity contribution is 5.99. The van der Waals surface area contributed by atoms with Gasteiger partial charge in [0.15, 0.2) is 0 Å². The van der Waals surface area contributed by atoms with Gasteiger partial charge < -0.3 is 14.8 Å². The standard InChI is InChI=1S/C15H15F3N2O6/c1-2-25-15(26-20(22)23,9-14(16,17)18)19-13(21)11-7-10-5-3-4-6-12(10)24-8-11/h3-7H,2,8-9H2,1H3,(H,19,21). The van der Waals surface area contributed by atoms with Crippen molar-refractivity contribution in [1.82, 2.24) is 5.32 Å². The van der Waals surface area contributed by atoms with Crippen molar-refractivity contribution in [3.8, 4) is 5.75 Å². The number of carbonyl (C=O) groups is 1. The van der Waals surface area contributed by atoms with E-state index in [0.29, 0.717) is 11.3 Å². The number of hydrogen-bond donors (Lipinski definition) is 1. The first-order valence-corrected chi connectivity index (χ1v) is 7.43. The second-order valence-corrected chi connectivity index (χ2v) is 5.24. The fourth-order valence-corrected chi connectivity index (χ4v) is 2.33. The van der Waals surface area contributed by atoms with Crippen LogP contribution in [0.2, 0.25) is 0 Å². The quantitative estimate of drug-likeness (QED) is 0.446.